The predicted octanol–water partition coefficient (Wildman–Crippen LogP) is 3.10. The molecule has 2 N–H and O–H groups in total. The maximum Gasteiger partial charge on any atom is 0.0469 e. The lowest BCUT2D eigenvalue weighted by molar-refractivity contribution is 0.0339. The van der Waals surface area contributed by atoms with Crippen LogP contribution >= 0.6 is 0 Å². The molecule has 2 aliphatic rings. The Bertz CT molecular complexity index is 213. The molecular formula is C14H27NO. The fraction of sp³-hybridized carbons (Fsp3) is 1.00. The van der Waals surface area contributed by atoms with Crippen molar-refractivity contribution in [2.45, 2.75) is 63.8 Å². The van der Waals surface area contributed by atoms with Crippen molar-refractivity contribution >= 4 is 0 Å². The molecule has 2 rings (SSSR count). The second-order valence-corrected chi connectivity index (χ2v) is 5.82. The number of rotatable bonds is 2. The molecule has 1 saturated carbocycles. The summed E-state index contributed by atoms with van der Waals surface area (Å²) in [5.41, 5.74) is 6.83. The molecular weight excluding hydrogens is 198 g/mol. The average molecular weight is 225 g/mol. The summed E-state index contributed by atoms with van der Waals surface area (Å²) >= 11 is 0. The largest absolute Gasteiger partial charge is 0.381 e. The molecule has 0 spiro atoms. The highest BCUT2D eigenvalue weighted by atomic mass is 16.5. The van der Waals surface area contributed by atoms with Gasteiger partial charge in [0.1, 0.15) is 0 Å². The van der Waals surface area contributed by atoms with Gasteiger partial charge in [-0.25, -0.2) is 0 Å². The van der Waals surface area contributed by atoms with Crippen LogP contribution in [0.15, 0.2) is 0 Å². The molecule has 1 aliphatic heterocycles. The maximum atomic E-state index is 6.70. The Morgan fingerprint density at radius 1 is 1.12 bits per heavy atom. The van der Waals surface area contributed by atoms with Crippen molar-refractivity contribution in [3.8, 4) is 0 Å². The van der Waals surface area contributed by atoms with Crippen molar-refractivity contribution in [1.29, 1.82) is 0 Å². The molecule has 2 nitrogen and oxygen atoms in total. The molecule has 1 heterocycles. The first kappa shape index (κ1) is 12.4. The lowest BCUT2D eigenvalue weighted by Gasteiger charge is -2.39. The van der Waals surface area contributed by atoms with Gasteiger partial charge in [-0.15, -0.1) is 0 Å². The van der Waals surface area contributed by atoms with E-state index >= 15 is 0 Å². The van der Waals surface area contributed by atoms with Crippen LogP contribution in [0.1, 0.15) is 58.3 Å². The zero-order valence-electron chi connectivity index (χ0n) is 10.7. The summed E-state index contributed by atoms with van der Waals surface area (Å²) < 4.78 is 5.45. The molecule has 2 heteroatoms. The van der Waals surface area contributed by atoms with E-state index in [1.165, 1.54) is 51.4 Å². The molecule has 0 aromatic carbocycles. The molecule has 0 amide bonds. The van der Waals surface area contributed by atoms with Gasteiger partial charge >= 0.3 is 0 Å². The third-order valence-electron chi connectivity index (χ3n) is 4.88. The van der Waals surface area contributed by atoms with E-state index in [4.69, 9.17) is 10.5 Å². The standard InChI is InChI=1S/C14H27NO/c1-2-12-4-3-8-14(15,9-5-12)13-6-10-16-11-7-13/h12-13H,2-11,15H2,1H3. The van der Waals surface area contributed by atoms with Crippen molar-refractivity contribution in [1.82, 2.24) is 0 Å². The van der Waals surface area contributed by atoms with Crippen molar-refractivity contribution in [3.05, 3.63) is 0 Å². The number of hydrogen-bond donors (Lipinski definition) is 1. The Balaban J connectivity index is 1.94. The van der Waals surface area contributed by atoms with Gasteiger partial charge in [-0.1, -0.05) is 26.2 Å². The zero-order valence-corrected chi connectivity index (χ0v) is 10.7. The van der Waals surface area contributed by atoms with Crippen LogP contribution in [-0.2, 0) is 4.74 Å². The molecule has 2 atom stereocenters. The van der Waals surface area contributed by atoms with Crippen LogP contribution in [0.4, 0.5) is 0 Å². The summed E-state index contributed by atoms with van der Waals surface area (Å²) in [7, 11) is 0. The van der Waals surface area contributed by atoms with Gasteiger partial charge in [0.2, 0.25) is 0 Å². The van der Waals surface area contributed by atoms with Crippen LogP contribution in [0.5, 0.6) is 0 Å². The van der Waals surface area contributed by atoms with Crippen LogP contribution < -0.4 is 5.73 Å². The molecule has 0 aromatic rings. The van der Waals surface area contributed by atoms with Crippen LogP contribution in [0, 0.1) is 11.8 Å². The lowest BCUT2D eigenvalue weighted by Crippen LogP contribution is -2.48. The van der Waals surface area contributed by atoms with Crippen molar-refractivity contribution in [2.75, 3.05) is 13.2 Å². The minimum absolute atomic E-state index is 0.133. The van der Waals surface area contributed by atoms with Crippen molar-refractivity contribution in [3.63, 3.8) is 0 Å². The third-order valence-corrected chi connectivity index (χ3v) is 4.88. The predicted molar refractivity (Wildman–Crippen MR) is 67.3 cm³/mol. The van der Waals surface area contributed by atoms with E-state index in [1.54, 1.807) is 0 Å². The molecule has 2 fully saturated rings. The van der Waals surface area contributed by atoms with Crippen LogP contribution in [0.25, 0.3) is 0 Å². The second kappa shape index (κ2) is 5.50. The first-order valence-electron chi connectivity index (χ1n) is 7.11. The number of hydrogen-bond acceptors (Lipinski definition) is 2. The summed E-state index contributed by atoms with van der Waals surface area (Å²) in [4.78, 5) is 0. The first-order chi connectivity index (χ1) is 7.74. The van der Waals surface area contributed by atoms with Gasteiger partial charge < -0.3 is 10.5 Å². The highest BCUT2D eigenvalue weighted by Gasteiger charge is 2.37. The highest BCUT2D eigenvalue weighted by Crippen LogP contribution is 2.38. The monoisotopic (exact) mass is 225 g/mol. The molecule has 1 aliphatic carbocycles. The van der Waals surface area contributed by atoms with E-state index in [2.05, 4.69) is 6.92 Å². The fourth-order valence-electron chi connectivity index (χ4n) is 3.55. The summed E-state index contributed by atoms with van der Waals surface area (Å²) in [5, 5.41) is 0. The van der Waals surface area contributed by atoms with E-state index < -0.39 is 0 Å². The van der Waals surface area contributed by atoms with Crippen molar-refractivity contribution in [2.24, 2.45) is 17.6 Å². The molecule has 94 valence electrons. The van der Waals surface area contributed by atoms with E-state index in [0.717, 1.165) is 25.0 Å². The van der Waals surface area contributed by atoms with Gasteiger partial charge in [-0.05, 0) is 43.9 Å². The van der Waals surface area contributed by atoms with Gasteiger partial charge in [0.05, 0.1) is 0 Å². The van der Waals surface area contributed by atoms with Crippen LogP contribution in [-0.4, -0.2) is 18.8 Å². The topological polar surface area (TPSA) is 35.2 Å². The third kappa shape index (κ3) is 2.78. The van der Waals surface area contributed by atoms with E-state index in [-0.39, 0.29) is 5.54 Å². The fourth-order valence-corrected chi connectivity index (χ4v) is 3.55. The Morgan fingerprint density at radius 2 is 1.88 bits per heavy atom. The second-order valence-electron chi connectivity index (χ2n) is 5.82. The average Bonchev–Trinajstić information content (AvgIpc) is 2.53. The quantitative estimate of drug-likeness (QED) is 0.733. The molecule has 2 unspecified atom stereocenters. The van der Waals surface area contributed by atoms with Crippen molar-refractivity contribution < 1.29 is 4.74 Å². The van der Waals surface area contributed by atoms with Gasteiger partial charge in [0, 0.05) is 18.8 Å². The minimum Gasteiger partial charge on any atom is -0.381 e. The Labute approximate surface area is 99.9 Å². The smallest absolute Gasteiger partial charge is 0.0469 e. The highest BCUT2D eigenvalue weighted by molar-refractivity contribution is 4.94. The minimum atomic E-state index is 0.133. The molecule has 0 bridgehead atoms. The number of nitrogens with two attached hydrogens (primary N) is 1. The number of ether oxygens (including phenoxy) is 1. The molecule has 0 aromatic heterocycles. The van der Waals surface area contributed by atoms with Gasteiger partial charge in [0.15, 0.2) is 0 Å². The SMILES string of the molecule is CCC1CCCC(N)(C2CCOCC2)CC1. The van der Waals surface area contributed by atoms with Gasteiger partial charge in [-0.3, -0.25) is 0 Å². The lowest BCUT2D eigenvalue weighted by atomic mass is 9.74. The van der Waals surface area contributed by atoms with Gasteiger partial charge in [-0.2, -0.15) is 0 Å². The molecule has 1 saturated heterocycles. The van der Waals surface area contributed by atoms with E-state index in [9.17, 15) is 0 Å². The normalized spacial score (nSPS) is 38.2. The van der Waals surface area contributed by atoms with Crippen LogP contribution in [0.2, 0.25) is 0 Å². The first-order valence-corrected chi connectivity index (χ1v) is 7.11. The zero-order chi connectivity index (χ0) is 11.4. The molecule has 16 heavy (non-hydrogen) atoms. The Hall–Kier alpha value is -0.0800. The maximum absolute atomic E-state index is 6.70. The molecule has 0 radical (unpaired) electrons. The van der Waals surface area contributed by atoms with Gasteiger partial charge in [0.25, 0.3) is 0 Å². The van der Waals surface area contributed by atoms with E-state index in [0.29, 0.717) is 0 Å². The summed E-state index contributed by atoms with van der Waals surface area (Å²) in [6.45, 7) is 4.18. The Kier molecular flexibility index (Phi) is 4.26. The summed E-state index contributed by atoms with van der Waals surface area (Å²) in [6, 6.07) is 0. The summed E-state index contributed by atoms with van der Waals surface area (Å²) in [5.74, 6) is 1.65. The Morgan fingerprint density at radius 3 is 2.56 bits per heavy atom. The van der Waals surface area contributed by atoms with E-state index in [1.807, 2.05) is 0 Å². The van der Waals surface area contributed by atoms with Crippen LogP contribution in [0.3, 0.4) is 0 Å². The summed E-state index contributed by atoms with van der Waals surface area (Å²) in [6.07, 6.45) is 10.3.